The Morgan fingerprint density at radius 1 is 1.20 bits per heavy atom. The third kappa shape index (κ3) is 3.39. The minimum atomic E-state index is -0.409. The number of halogens is 2. The van der Waals surface area contributed by atoms with E-state index in [1.807, 2.05) is 19.1 Å². The molecule has 0 aliphatic carbocycles. The molecule has 0 unspecified atom stereocenters. The molecule has 0 bridgehead atoms. The van der Waals surface area contributed by atoms with E-state index in [0.29, 0.717) is 17.0 Å². The fourth-order valence-corrected chi connectivity index (χ4v) is 1.98. The lowest BCUT2D eigenvalue weighted by Gasteiger charge is -2.10. The van der Waals surface area contributed by atoms with Crippen molar-refractivity contribution in [2.24, 2.45) is 0 Å². The summed E-state index contributed by atoms with van der Waals surface area (Å²) in [5.74, 6) is 0.691. The maximum Gasteiger partial charge on any atom is 0.165 e. The molecule has 2 rings (SSSR count). The first-order valence-corrected chi connectivity index (χ1v) is 6.65. The van der Waals surface area contributed by atoms with Crippen LogP contribution in [-0.2, 0) is 12.5 Å². The van der Waals surface area contributed by atoms with Crippen LogP contribution in [0.1, 0.15) is 17.0 Å². The number of methoxy groups -OCH3 is 1. The first-order chi connectivity index (χ1) is 9.63. The molecule has 0 aliphatic heterocycles. The van der Waals surface area contributed by atoms with Gasteiger partial charge in [-0.05, 0) is 36.8 Å². The van der Waals surface area contributed by atoms with E-state index in [0.717, 1.165) is 5.69 Å². The summed E-state index contributed by atoms with van der Waals surface area (Å²) in [6.45, 7) is 2.13. The van der Waals surface area contributed by atoms with Crippen LogP contribution in [-0.4, -0.2) is 12.1 Å². The zero-order valence-corrected chi connectivity index (χ0v) is 12.1. The molecule has 3 nitrogen and oxygen atoms in total. The molecule has 0 atom stereocenters. The second kappa shape index (κ2) is 6.57. The summed E-state index contributed by atoms with van der Waals surface area (Å²) < 4.78 is 24.1. The van der Waals surface area contributed by atoms with Crippen LogP contribution in [0.5, 0.6) is 11.5 Å². The van der Waals surface area contributed by atoms with Crippen molar-refractivity contribution in [1.29, 1.82) is 0 Å². The number of nitrogens with zero attached hydrogens (tertiary/aromatic N) is 1. The highest BCUT2D eigenvalue weighted by Crippen LogP contribution is 2.22. The number of alkyl halides is 1. The fraction of sp³-hybridized carbons (Fsp3) is 0.267. The van der Waals surface area contributed by atoms with E-state index >= 15 is 0 Å². The van der Waals surface area contributed by atoms with Crippen molar-refractivity contribution >= 4 is 11.6 Å². The van der Waals surface area contributed by atoms with Gasteiger partial charge in [0.2, 0.25) is 0 Å². The predicted octanol–water partition coefficient (Wildman–Crippen LogP) is 3.86. The molecule has 0 saturated heterocycles. The highest BCUT2D eigenvalue weighted by Gasteiger charge is 2.07. The Labute approximate surface area is 122 Å². The Bertz CT molecular complexity index is 604. The average Bonchev–Trinajstić information content (AvgIpc) is 2.46. The first kappa shape index (κ1) is 14.6. The number of pyridine rings is 1. The number of aryl methyl sites for hydroxylation is 1. The van der Waals surface area contributed by atoms with Gasteiger partial charge in [-0.3, -0.25) is 4.98 Å². The van der Waals surface area contributed by atoms with E-state index in [2.05, 4.69) is 4.98 Å². The second-order valence-electron chi connectivity index (χ2n) is 4.29. The molecule has 0 spiro atoms. The van der Waals surface area contributed by atoms with Crippen molar-refractivity contribution in [2.75, 3.05) is 7.11 Å². The normalized spacial score (nSPS) is 10.4. The number of hydrogen-bond acceptors (Lipinski definition) is 3. The Kier molecular flexibility index (Phi) is 4.79. The van der Waals surface area contributed by atoms with E-state index in [1.165, 1.54) is 13.2 Å². The molecule has 1 heterocycles. The summed E-state index contributed by atoms with van der Waals surface area (Å²) in [5.41, 5.74) is 2.27. The Hall–Kier alpha value is -1.81. The Morgan fingerprint density at radius 3 is 2.60 bits per heavy atom. The zero-order valence-electron chi connectivity index (χ0n) is 11.3. The van der Waals surface area contributed by atoms with Crippen LogP contribution in [0.2, 0.25) is 0 Å². The van der Waals surface area contributed by atoms with Gasteiger partial charge in [-0.25, -0.2) is 4.39 Å². The standard InChI is InChI=1S/C15H15ClFNO2/c1-10-3-5-15(13(8-16)18-10)20-9-11-4-6-14(19-2)12(17)7-11/h3-7H,8-9H2,1-2H3. The Morgan fingerprint density at radius 2 is 1.95 bits per heavy atom. The molecule has 0 N–H and O–H groups in total. The molecule has 0 amide bonds. The van der Waals surface area contributed by atoms with E-state index in [-0.39, 0.29) is 18.2 Å². The van der Waals surface area contributed by atoms with E-state index in [1.54, 1.807) is 12.1 Å². The largest absolute Gasteiger partial charge is 0.494 e. The second-order valence-corrected chi connectivity index (χ2v) is 4.56. The van der Waals surface area contributed by atoms with Crippen molar-refractivity contribution < 1.29 is 13.9 Å². The molecule has 20 heavy (non-hydrogen) atoms. The van der Waals surface area contributed by atoms with Crippen molar-refractivity contribution in [3.8, 4) is 11.5 Å². The monoisotopic (exact) mass is 295 g/mol. The van der Waals surface area contributed by atoms with Gasteiger partial charge < -0.3 is 9.47 Å². The minimum Gasteiger partial charge on any atom is -0.494 e. The molecule has 0 radical (unpaired) electrons. The van der Waals surface area contributed by atoms with Crippen LogP contribution in [0.3, 0.4) is 0 Å². The minimum absolute atomic E-state index is 0.215. The van der Waals surface area contributed by atoms with E-state index < -0.39 is 5.82 Å². The van der Waals surface area contributed by atoms with Gasteiger partial charge in [-0.1, -0.05) is 6.07 Å². The molecule has 2 aromatic rings. The molecular weight excluding hydrogens is 281 g/mol. The average molecular weight is 296 g/mol. The van der Waals surface area contributed by atoms with Crippen molar-refractivity contribution in [2.45, 2.75) is 19.4 Å². The lowest BCUT2D eigenvalue weighted by atomic mass is 10.2. The summed E-state index contributed by atoms with van der Waals surface area (Å²) in [4.78, 5) is 4.30. The van der Waals surface area contributed by atoms with Gasteiger partial charge in [-0.2, -0.15) is 0 Å². The smallest absolute Gasteiger partial charge is 0.165 e. The molecule has 5 heteroatoms. The van der Waals surface area contributed by atoms with Crippen LogP contribution in [0.15, 0.2) is 30.3 Å². The van der Waals surface area contributed by atoms with Crippen molar-refractivity contribution in [1.82, 2.24) is 4.98 Å². The quantitative estimate of drug-likeness (QED) is 0.785. The van der Waals surface area contributed by atoms with Gasteiger partial charge in [0.05, 0.1) is 18.7 Å². The lowest BCUT2D eigenvalue weighted by molar-refractivity contribution is 0.300. The van der Waals surface area contributed by atoms with Crippen LogP contribution in [0.25, 0.3) is 0 Å². The molecular formula is C15H15ClFNO2. The van der Waals surface area contributed by atoms with Gasteiger partial charge in [0, 0.05) is 5.69 Å². The third-order valence-corrected chi connectivity index (χ3v) is 3.06. The Balaban J connectivity index is 2.10. The first-order valence-electron chi connectivity index (χ1n) is 6.11. The number of aromatic nitrogens is 1. The summed E-state index contributed by atoms with van der Waals surface area (Å²) in [7, 11) is 1.43. The summed E-state index contributed by atoms with van der Waals surface area (Å²) >= 11 is 5.83. The van der Waals surface area contributed by atoms with Crippen molar-refractivity contribution in [3.63, 3.8) is 0 Å². The molecule has 0 aliphatic rings. The highest BCUT2D eigenvalue weighted by atomic mass is 35.5. The summed E-state index contributed by atoms with van der Waals surface area (Å²) in [6.07, 6.45) is 0. The predicted molar refractivity (Wildman–Crippen MR) is 75.8 cm³/mol. The summed E-state index contributed by atoms with van der Waals surface area (Å²) in [6, 6.07) is 8.38. The molecule has 1 aromatic carbocycles. The van der Waals surface area contributed by atoms with Crippen molar-refractivity contribution in [3.05, 3.63) is 53.1 Å². The van der Waals surface area contributed by atoms with Crippen LogP contribution in [0.4, 0.5) is 4.39 Å². The molecule has 106 valence electrons. The number of rotatable bonds is 5. The van der Waals surface area contributed by atoms with Gasteiger partial charge in [0.15, 0.2) is 11.6 Å². The van der Waals surface area contributed by atoms with Crippen LogP contribution in [0, 0.1) is 12.7 Å². The highest BCUT2D eigenvalue weighted by molar-refractivity contribution is 6.17. The fourth-order valence-electron chi connectivity index (χ4n) is 1.79. The zero-order chi connectivity index (χ0) is 14.5. The molecule has 0 fully saturated rings. The maximum absolute atomic E-state index is 13.6. The van der Waals surface area contributed by atoms with Gasteiger partial charge in [0.25, 0.3) is 0 Å². The number of benzene rings is 1. The maximum atomic E-state index is 13.6. The van der Waals surface area contributed by atoms with Gasteiger partial charge in [0.1, 0.15) is 12.4 Å². The van der Waals surface area contributed by atoms with Gasteiger partial charge >= 0.3 is 0 Å². The molecule has 0 saturated carbocycles. The number of ether oxygens (including phenoxy) is 2. The SMILES string of the molecule is COc1ccc(COc2ccc(C)nc2CCl)cc1F. The van der Waals surface area contributed by atoms with E-state index in [9.17, 15) is 4.39 Å². The summed E-state index contributed by atoms with van der Waals surface area (Å²) in [5, 5.41) is 0. The van der Waals surface area contributed by atoms with Crippen LogP contribution < -0.4 is 9.47 Å². The number of hydrogen-bond donors (Lipinski definition) is 0. The van der Waals surface area contributed by atoms with Crippen LogP contribution >= 0.6 is 11.6 Å². The topological polar surface area (TPSA) is 31.4 Å². The third-order valence-electron chi connectivity index (χ3n) is 2.81. The van der Waals surface area contributed by atoms with E-state index in [4.69, 9.17) is 21.1 Å². The lowest BCUT2D eigenvalue weighted by Crippen LogP contribution is -2.01. The van der Waals surface area contributed by atoms with Gasteiger partial charge in [-0.15, -0.1) is 11.6 Å². The molecule has 1 aromatic heterocycles.